The summed E-state index contributed by atoms with van der Waals surface area (Å²) < 4.78 is 0. The fraction of sp³-hybridized carbons (Fsp3) is 1.00. The summed E-state index contributed by atoms with van der Waals surface area (Å²) in [5, 5.41) is 13.2. The third-order valence-corrected chi connectivity index (χ3v) is 5.30. The van der Waals surface area contributed by atoms with Crippen molar-refractivity contribution < 1.29 is 5.11 Å². The summed E-state index contributed by atoms with van der Waals surface area (Å²) in [5.74, 6) is 0.967. The predicted octanol–water partition coefficient (Wildman–Crippen LogP) is 3.42. The minimum absolute atomic E-state index is 0.0503. The van der Waals surface area contributed by atoms with Gasteiger partial charge >= 0.3 is 0 Å². The van der Waals surface area contributed by atoms with Gasteiger partial charge in [-0.3, -0.25) is 0 Å². The molecular formula is C18H38N2O. The molecule has 2 atom stereocenters. The zero-order chi connectivity index (χ0) is 15.6. The Bertz CT molecular complexity index is 254. The van der Waals surface area contributed by atoms with E-state index in [0.717, 1.165) is 25.3 Å². The molecule has 3 nitrogen and oxygen atoms in total. The second-order valence-electron chi connectivity index (χ2n) is 6.85. The van der Waals surface area contributed by atoms with Crippen LogP contribution in [-0.2, 0) is 0 Å². The van der Waals surface area contributed by atoms with Gasteiger partial charge < -0.3 is 15.3 Å². The van der Waals surface area contributed by atoms with E-state index in [-0.39, 0.29) is 12.1 Å². The first-order chi connectivity index (χ1) is 10.2. The van der Waals surface area contributed by atoms with Crippen LogP contribution in [0.5, 0.6) is 0 Å². The Morgan fingerprint density at radius 2 is 2.00 bits per heavy atom. The van der Waals surface area contributed by atoms with Crippen LogP contribution in [0.4, 0.5) is 0 Å². The van der Waals surface area contributed by atoms with Gasteiger partial charge in [-0.25, -0.2) is 0 Å². The lowest BCUT2D eigenvalue weighted by Gasteiger charge is -2.32. The van der Waals surface area contributed by atoms with Crippen LogP contribution in [0.3, 0.4) is 0 Å². The molecule has 1 heterocycles. The molecule has 0 aromatic heterocycles. The Morgan fingerprint density at radius 1 is 1.19 bits per heavy atom. The summed E-state index contributed by atoms with van der Waals surface area (Å²) in [5.41, 5.74) is -0.0503. The Morgan fingerprint density at radius 3 is 2.62 bits per heavy atom. The van der Waals surface area contributed by atoms with Crippen molar-refractivity contribution >= 4 is 0 Å². The van der Waals surface area contributed by atoms with Crippen LogP contribution in [0, 0.1) is 5.92 Å². The highest BCUT2D eigenvalue weighted by atomic mass is 16.3. The highest BCUT2D eigenvalue weighted by molar-refractivity contribution is 4.86. The molecule has 21 heavy (non-hydrogen) atoms. The molecule has 1 aliphatic rings. The second kappa shape index (κ2) is 10.6. The smallest absolute Gasteiger partial charge is 0.0613 e. The van der Waals surface area contributed by atoms with Gasteiger partial charge in [-0.2, -0.15) is 0 Å². The molecule has 0 bridgehead atoms. The molecule has 2 unspecified atom stereocenters. The highest BCUT2D eigenvalue weighted by Crippen LogP contribution is 2.23. The lowest BCUT2D eigenvalue weighted by Crippen LogP contribution is -2.48. The molecule has 1 fully saturated rings. The number of likely N-dealkylation sites (tertiary alicyclic amines) is 1. The van der Waals surface area contributed by atoms with E-state index in [2.05, 4.69) is 31.0 Å². The molecule has 2 N–H and O–H groups in total. The first kappa shape index (κ1) is 18.9. The van der Waals surface area contributed by atoms with E-state index >= 15 is 0 Å². The van der Waals surface area contributed by atoms with Crippen LogP contribution in [0.25, 0.3) is 0 Å². The number of likely N-dealkylation sites (N-methyl/N-ethyl adjacent to an activating group) is 1. The molecule has 0 aliphatic carbocycles. The van der Waals surface area contributed by atoms with Crippen molar-refractivity contribution in [3.05, 3.63) is 0 Å². The van der Waals surface area contributed by atoms with E-state index in [1.54, 1.807) is 0 Å². The van der Waals surface area contributed by atoms with Gasteiger partial charge in [0.25, 0.3) is 0 Å². The Hall–Kier alpha value is -0.120. The highest BCUT2D eigenvalue weighted by Gasteiger charge is 2.26. The van der Waals surface area contributed by atoms with E-state index in [0.29, 0.717) is 0 Å². The van der Waals surface area contributed by atoms with Crippen LogP contribution >= 0.6 is 0 Å². The quantitative estimate of drug-likeness (QED) is 0.649. The summed E-state index contributed by atoms with van der Waals surface area (Å²) in [6.45, 7) is 11.6. The molecule has 0 saturated carbocycles. The molecule has 0 aromatic rings. The summed E-state index contributed by atoms with van der Waals surface area (Å²) in [6, 6.07) is 0. The van der Waals surface area contributed by atoms with Crippen LogP contribution in [0.15, 0.2) is 0 Å². The van der Waals surface area contributed by atoms with Gasteiger partial charge in [0.1, 0.15) is 0 Å². The SMILES string of the molecule is CCCC1CCCN(CCCC(CC)(CO)NCC)CC1. The average Bonchev–Trinajstić information content (AvgIpc) is 2.72. The molecule has 3 heteroatoms. The number of hydrogen-bond donors (Lipinski definition) is 2. The van der Waals surface area contributed by atoms with E-state index in [4.69, 9.17) is 0 Å². The normalized spacial score (nSPS) is 23.7. The Labute approximate surface area is 132 Å². The van der Waals surface area contributed by atoms with Crippen molar-refractivity contribution in [1.29, 1.82) is 0 Å². The van der Waals surface area contributed by atoms with Crippen LogP contribution in [-0.4, -0.2) is 48.3 Å². The lowest BCUT2D eigenvalue weighted by atomic mass is 9.91. The minimum Gasteiger partial charge on any atom is -0.394 e. The summed E-state index contributed by atoms with van der Waals surface area (Å²) in [4.78, 5) is 2.65. The topological polar surface area (TPSA) is 35.5 Å². The van der Waals surface area contributed by atoms with E-state index in [1.807, 2.05) is 0 Å². The second-order valence-corrected chi connectivity index (χ2v) is 6.85. The third kappa shape index (κ3) is 6.66. The zero-order valence-corrected chi connectivity index (χ0v) is 14.7. The van der Waals surface area contributed by atoms with Crippen molar-refractivity contribution in [3.63, 3.8) is 0 Å². The molecular weight excluding hydrogens is 260 g/mol. The number of nitrogens with one attached hydrogen (secondary N) is 1. The first-order valence-corrected chi connectivity index (χ1v) is 9.28. The van der Waals surface area contributed by atoms with Gasteiger partial charge in [0.05, 0.1) is 6.61 Å². The van der Waals surface area contributed by atoms with Gasteiger partial charge in [0.2, 0.25) is 0 Å². The molecule has 1 saturated heterocycles. The van der Waals surface area contributed by atoms with Gasteiger partial charge in [-0.05, 0) is 70.6 Å². The van der Waals surface area contributed by atoms with Crippen molar-refractivity contribution in [2.24, 2.45) is 5.92 Å². The molecule has 0 aromatic carbocycles. The van der Waals surface area contributed by atoms with Crippen LogP contribution in [0.1, 0.15) is 72.1 Å². The van der Waals surface area contributed by atoms with E-state index < -0.39 is 0 Å². The van der Waals surface area contributed by atoms with Crippen LogP contribution in [0.2, 0.25) is 0 Å². The third-order valence-electron chi connectivity index (χ3n) is 5.30. The molecule has 0 radical (unpaired) electrons. The summed E-state index contributed by atoms with van der Waals surface area (Å²) in [7, 11) is 0. The van der Waals surface area contributed by atoms with Gasteiger partial charge in [-0.1, -0.05) is 33.6 Å². The van der Waals surface area contributed by atoms with Crippen LogP contribution < -0.4 is 5.32 Å². The number of aliphatic hydroxyl groups is 1. The fourth-order valence-electron chi connectivity index (χ4n) is 3.80. The molecule has 0 amide bonds. The maximum Gasteiger partial charge on any atom is 0.0613 e. The fourth-order valence-corrected chi connectivity index (χ4v) is 3.80. The van der Waals surface area contributed by atoms with Crippen molar-refractivity contribution in [2.75, 3.05) is 32.8 Å². The Kier molecular flexibility index (Phi) is 9.54. The number of aliphatic hydroxyl groups excluding tert-OH is 1. The predicted molar refractivity (Wildman–Crippen MR) is 91.7 cm³/mol. The molecule has 0 spiro atoms. The molecule has 1 rings (SSSR count). The van der Waals surface area contributed by atoms with Gasteiger partial charge in [0.15, 0.2) is 0 Å². The number of nitrogens with zero attached hydrogens (tertiary/aromatic N) is 1. The van der Waals surface area contributed by atoms with E-state index in [1.165, 1.54) is 58.2 Å². The maximum atomic E-state index is 9.71. The summed E-state index contributed by atoms with van der Waals surface area (Å²) in [6.07, 6.45) is 10.2. The van der Waals surface area contributed by atoms with Crippen molar-refractivity contribution in [1.82, 2.24) is 10.2 Å². The number of hydrogen-bond acceptors (Lipinski definition) is 3. The van der Waals surface area contributed by atoms with E-state index in [9.17, 15) is 5.11 Å². The standard InChI is InChI=1S/C18H38N2O/c1-4-9-17-10-7-13-20(15-11-17)14-8-12-18(5-2,16-21)19-6-3/h17,19,21H,4-16H2,1-3H3. The van der Waals surface area contributed by atoms with Crippen molar-refractivity contribution in [2.45, 2.75) is 77.7 Å². The van der Waals surface area contributed by atoms with Gasteiger partial charge in [-0.15, -0.1) is 0 Å². The number of rotatable bonds is 10. The monoisotopic (exact) mass is 298 g/mol. The van der Waals surface area contributed by atoms with Gasteiger partial charge in [0, 0.05) is 5.54 Å². The summed E-state index contributed by atoms with van der Waals surface area (Å²) >= 11 is 0. The largest absolute Gasteiger partial charge is 0.394 e. The lowest BCUT2D eigenvalue weighted by molar-refractivity contribution is 0.140. The average molecular weight is 299 g/mol. The molecule has 126 valence electrons. The maximum absolute atomic E-state index is 9.71. The minimum atomic E-state index is -0.0503. The first-order valence-electron chi connectivity index (χ1n) is 9.28. The molecule has 1 aliphatic heterocycles. The Balaban J connectivity index is 2.31. The van der Waals surface area contributed by atoms with Crippen molar-refractivity contribution in [3.8, 4) is 0 Å². The zero-order valence-electron chi connectivity index (χ0n) is 14.7.